The van der Waals surface area contributed by atoms with E-state index in [1.165, 1.54) is 19.0 Å². The lowest BCUT2D eigenvalue weighted by Crippen LogP contribution is -2.08. The number of allylic oxidation sites excluding steroid dienone is 1. The van der Waals surface area contributed by atoms with Crippen LogP contribution in [0.5, 0.6) is 6.01 Å². The summed E-state index contributed by atoms with van der Waals surface area (Å²) in [4.78, 5) is 7.64. The zero-order valence-electron chi connectivity index (χ0n) is 18.7. The van der Waals surface area contributed by atoms with Crippen molar-refractivity contribution in [1.82, 2.24) is 9.97 Å². The minimum absolute atomic E-state index is 0.170. The van der Waals surface area contributed by atoms with Gasteiger partial charge in [-0.15, -0.1) is 0 Å². The summed E-state index contributed by atoms with van der Waals surface area (Å²) in [6, 6.07) is 7.80. The second-order valence-corrected chi connectivity index (χ2v) is 8.00. The van der Waals surface area contributed by atoms with Crippen LogP contribution < -0.4 is 0 Å². The molecule has 3 aromatic rings. The first-order chi connectivity index (χ1) is 15.5. The first-order valence-electron chi connectivity index (χ1n) is 11.2. The number of rotatable bonds is 11. The quantitative estimate of drug-likeness (QED) is 0.324. The fraction of sp³-hybridized carbons (Fsp3) is 0.385. The zero-order valence-corrected chi connectivity index (χ0v) is 18.7. The molecule has 4 nitrogen and oxygen atoms in total. The number of hydrogen-bond donors (Lipinski definition) is 1. The van der Waals surface area contributed by atoms with Crippen molar-refractivity contribution in [3.8, 4) is 17.1 Å². The molecule has 0 bridgehead atoms. The van der Waals surface area contributed by atoms with Gasteiger partial charge in [0.1, 0.15) is 0 Å². The van der Waals surface area contributed by atoms with Crippen LogP contribution in [0.4, 0.5) is 8.78 Å². The van der Waals surface area contributed by atoms with Crippen LogP contribution in [0.25, 0.3) is 28.1 Å². The first kappa shape index (κ1) is 23.8. The summed E-state index contributed by atoms with van der Waals surface area (Å²) in [5, 5.41) is 10.00. The number of benzene rings is 2. The van der Waals surface area contributed by atoms with Crippen molar-refractivity contribution >= 4 is 17.0 Å². The Labute approximate surface area is 188 Å². The summed E-state index contributed by atoms with van der Waals surface area (Å²) in [6.07, 6.45) is 11.3. The number of unbranched alkanes of at least 4 members (excludes halogenated alkanes) is 3. The number of hydrogen-bond acceptors (Lipinski definition) is 4. The monoisotopic (exact) mass is 440 g/mol. The number of ether oxygens (including phenoxy) is 1. The number of aromatic hydroxyl groups is 1. The Balaban J connectivity index is 1.59. The molecular formula is C26H30F2N2O2. The molecule has 0 spiro atoms. The van der Waals surface area contributed by atoms with E-state index in [1.54, 1.807) is 36.4 Å². The van der Waals surface area contributed by atoms with Crippen molar-refractivity contribution in [1.29, 1.82) is 0 Å². The highest BCUT2D eigenvalue weighted by Crippen LogP contribution is 2.29. The molecule has 0 aliphatic heterocycles. The van der Waals surface area contributed by atoms with E-state index in [4.69, 9.17) is 4.74 Å². The van der Waals surface area contributed by atoms with Crippen molar-refractivity contribution in [3.63, 3.8) is 0 Å². The molecule has 0 fully saturated rings. The van der Waals surface area contributed by atoms with Gasteiger partial charge in [-0.2, -0.15) is 4.98 Å². The Morgan fingerprint density at radius 2 is 1.94 bits per heavy atom. The average Bonchev–Trinajstić information content (AvgIpc) is 2.79. The number of fused-ring (bicyclic) bond motifs is 1. The van der Waals surface area contributed by atoms with Gasteiger partial charge < -0.3 is 9.84 Å². The van der Waals surface area contributed by atoms with E-state index >= 15 is 0 Å². The molecule has 0 aliphatic rings. The van der Waals surface area contributed by atoms with Crippen LogP contribution in [0, 0.1) is 11.6 Å². The van der Waals surface area contributed by atoms with Crippen LogP contribution >= 0.6 is 0 Å². The summed E-state index contributed by atoms with van der Waals surface area (Å²) in [5.74, 6) is -1.76. The third kappa shape index (κ3) is 6.33. The van der Waals surface area contributed by atoms with Crippen molar-refractivity contribution < 1.29 is 18.6 Å². The van der Waals surface area contributed by atoms with Crippen LogP contribution in [0.1, 0.15) is 57.9 Å². The van der Waals surface area contributed by atoms with Gasteiger partial charge in [0.05, 0.1) is 11.6 Å². The van der Waals surface area contributed by atoms with Crippen LogP contribution in [0.3, 0.4) is 0 Å². The predicted octanol–water partition coefficient (Wildman–Crippen LogP) is 7.06. The minimum Gasteiger partial charge on any atom is -0.479 e. The van der Waals surface area contributed by atoms with E-state index < -0.39 is 11.6 Å². The smallest absolute Gasteiger partial charge is 0.314 e. The first-order valence-corrected chi connectivity index (χ1v) is 11.2. The Bertz CT molecular complexity index is 1070. The van der Waals surface area contributed by atoms with E-state index in [2.05, 4.69) is 23.8 Å². The molecule has 1 unspecified atom stereocenters. The maximum atomic E-state index is 14.8. The Hall–Kier alpha value is -2.86. The summed E-state index contributed by atoms with van der Waals surface area (Å²) in [6.45, 7) is 5.05. The minimum atomic E-state index is -0.889. The molecule has 170 valence electrons. The summed E-state index contributed by atoms with van der Waals surface area (Å²) < 4.78 is 35.2. The molecular weight excluding hydrogens is 410 g/mol. The Kier molecular flexibility index (Phi) is 8.68. The maximum absolute atomic E-state index is 14.8. The van der Waals surface area contributed by atoms with Gasteiger partial charge >= 0.3 is 6.01 Å². The molecule has 1 atom stereocenters. The number of aromatic nitrogens is 2. The molecule has 0 saturated heterocycles. The van der Waals surface area contributed by atoms with Crippen LogP contribution in [0.15, 0.2) is 42.6 Å². The zero-order chi connectivity index (χ0) is 22.9. The highest BCUT2D eigenvalue weighted by molar-refractivity contribution is 5.84. The van der Waals surface area contributed by atoms with Gasteiger partial charge in [-0.3, -0.25) is 0 Å². The van der Waals surface area contributed by atoms with E-state index in [1.807, 2.05) is 6.08 Å². The molecule has 1 N–H and O–H groups in total. The average molecular weight is 441 g/mol. The normalized spacial score (nSPS) is 12.6. The SMILES string of the molecule is CCCCCOC(C)CCC/C=C/c1ccc(-c2ccc3nc(O)ncc3c2)c(F)c1F. The van der Waals surface area contributed by atoms with Gasteiger partial charge in [0, 0.05) is 29.3 Å². The number of nitrogens with zero attached hydrogens (tertiary/aromatic N) is 2. The molecule has 32 heavy (non-hydrogen) atoms. The fourth-order valence-corrected chi connectivity index (χ4v) is 3.56. The second-order valence-electron chi connectivity index (χ2n) is 8.00. The van der Waals surface area contributed by atoms with Gasteiger partial charge in [-0.25, -0.2) is 13.8 Å². The van der Waals surface area contributed by atoms with Gasteiger partial charge in [0.15, 0.2) is 11.6 Å². The van der Waals surface area contributed by atoms with Crippen molar-refractivity contribution in [2.24, 2.45) is 0 Å². The van der Waals surface area contributed by atoms with E-state index in [0.29, 0.717) is 16.5 Å². The van der Waals surface area contributed by atoms with Crippen molar-refractivity contribution in [3.05, 3.63) is 59.8 Å². The van der Waals surface area contributed by atoms with E-state index in [9.17, 15) is 13.9 Å². The second kappa shape index (κ2) is 11.7. The highest BCUT2D eigenvalue weighted by atomic mass is 19.2. The Morgan fingerprint density at radius 3 is 2.75 bits per heavy atom. The largest absolute Gasteiger partial charge is 0.479 e. The van der Waals surface area contributed by atoms with E-state index in [0.717, 1.165) is 32.3 Å². The predicted molar refractivity (Wildman–Crippen MR) is 124 cm³/mol. The summed E-state index contributed by atoms with van der Waals surface area (Å²) in [5.41, 5.74) is 1.45. The molecule has 2 aromatic carbocycles. The topological polar surface area (TPSA) is 55.2 Å². The molecule has 6 heteroatoms. The molecule has 0 amide bonds. The molecule has 0 saturated carbocycles. The van der Waals surface area contributed by atoms with Crippen molar-refractivity contribution in [2.75, 3.05) is 6.61 Å². The third-order valence-corrected chi connectivity index (χ3v) is 5.42. The van der Waals surface area contributed by atoms with Gasteiger partial charge in [-0.05, 0) is 50.3 Å². The lowest BCUT2D eigenvalue weighted by molar-refractivity contribution is 0.0566. The molecule has 3 rings (SSSR count). The van der Waals surface area contributed by atoms with Gasteiger partial charge in [-0.1, -0.05) is 50.1 Å². The lowest BCUT2D eigenvalue weighted by Gasteiger charge is -2.12. The maximum Gasteiger partial charge on any atom is 0.314 e. The van der Waals surface area contributed by atoms with Crippen molar-refractivity contribution in [2.45, 2.75) is 58.5 Å². The van der Waals surface area contributed by atoms with Gasteiger partial charge in [0.25, 0.3) is 0 Å². The Morgan fingerprint density at radius 1 is 1.09 bits per heavy atom. The summed E-state index contributed by atoms with van der Waals surface area (Å²) >= 11 is 0. The lowest BCUT2D eigenvalue weighted by atomic mass is 10.0. The molecule has 1 aromatic heterocycles. The van der Waals surface area contributed by atoms with Crippen LogP contribution in [0.2, 0.25) is 0 Å². The van der Waals surface area contributed by atoms with Gasteiger partial charge in [0.2, 0.25) is 0 Å². The fourth-order valence-electron chi connectivity index (χ4n) is 3.56. The molecule has 0 radical (unpaired) electrons. The van der Waals surface area contributed by atoms with Crippen LogP contribution in [-0.2, 0) is 4.74 Å². The standard InChI is InChI=1S/C26H30F2N2O2/c1-3-4-8-15-32-18(2)9-6-5-7-10-19-11-13-22(25(28)24(19)27)20-12-14-23-21(16-20)17-29-26(31)30-23/h7,10-14,16-18H,3-6,8-9,15H2,1-2H3,(H,29,30,31)/b10-7+. The third-order valence-electron chi connectivity index (χ3n) is 5.42. The number of halogens is 2. The van der Waals surface area contributed by atoms with E-state index in [-0.39, 0.29) is 23.2 Å². The highest BCUT2D eigenvalue weighted by Gasteiger charge is 2.14. The summed E-state index contributed by atoms with van der Waals surface area (Å²) in [7, 11) is 0. The molecule has 1 heterocycles. The molecule has 0 aliphatic carbocycles. The van der Waals surface area contributed by atoms with Crippen LogP contribution in [-0.4, -0.2) is 27.8 Å².